The second-order valence-electron chi connectivity index (χ2n) is 3.66. The summed E-state index contributed by atoms with van der Waals surface area (Å²) in [7, 11) is 0. The molecule has 1 aromatic carbocycles. The Balaban J connectivity index is 2.48. The fraction of sp³-hybridized carbons (Fsp3) is 0.333. The SMILES string of the molecule is Cc1cc(C)cc(NCC(=O)NCC#N)c1. The van der Waals surface area contributed by atoms with Crippen LogP contribution in [0, 0.1) is 25.2 Å². The number of nitriles is 1. The number of nitrogens with zero attached hydrogens (tertiary/aromatic N) is 1. The number of anilines is 1. The van der Waals surface area contributed by atoms with Gasteiger partial charge in [-0.25, -0.2) is 0 Å². The summed E-state index contributed by atoms with van der Waals surface area (Å²) in [5, 5.41) is 13.8. The zero-order valence-corrected chi connectivity index (χ0v) is 9.50. The summed E-state index contributed by atoms with van der Waals surface area (Å²) in [5.41, 5.74) is 3.23. The molecule has 0 bridgehead atoms. The lowest BCUT2D eigenvalue weighted by Crippen LogP contribution is -2.30. The van der Waals surface area contributed by atoms with Crippen molar-refractivity contribution in [2.75, 3.05) is 18.4 Å². The van der Waals surface area contributed by atoms with Gasteiger partial charge in [-0.3, -0.25) is 4.79 Å². The van der Waals surface area contributed by atoms with Crippen molar-refractivity contribution in [3.63, 3.8) is 0 Å². The lowest BCUT2D eigenvalue weighted by Gasteiger charge is -2.07. The zero-order valence-electron chi connectivity index (χ0n) is 9.50. The average Bonchev–Trinajstić information content (AvgIpc) is 2.22. The van der Waals surface area contributed by atoms with E-state index < -0.39 is 0 Å². The third-order valence-corrected chi connectivity index (χ3v) is 2.04. The van der Waals surface area contributed by atoms with Gasteiger partial charge in [-0.05, 0) is 37.1 Å². The van der Waals surface area contributed by atoms with E-state index in [9.17, 15) is 4.79 Å². The van der Waals surface area contributed by atoms with Gasteiger partial charge in [0, 0.05) is 5.69 Å². The molecule has 0 radical (unpaired) electrons. The molecule has 0 aliphatic heterocycles. The first-order valence-electron chi connectivity index (χ1n) is 5.07. The molecule has 4 nitrogen and oxygen atoms in total. The molecule has 1 amide bonds. The van der Waals surface area contributed by atoms with Gasteiger partial charge < -0.3 is 10.6 Å². The summed E-state index contributed by atoms with van der Waals surface area (Å²) in [4.78, 5) is 11.2. The fourth-order valence-corrected chi connectivity index (χ4v) is 1.46. The molecule has 0 saturated carbocycles. The van der Waals surface area contributed by atoms with E-state index in [0.29, 0.717) is 0 Å². The Kier molecular flexibility index (Phi) is 4.34. The number of carbonyl (C=O) groups is 1. The Hall–Kier alpha value is -2.02. The lowest BCUT2D eigenvalue weighted by atomic mass is 10.1. The van der Waals surface area contributed by atoms with Crippen molar-refractivity contribution in [2.24, 2.45) is 0 Å². The highest BCUT2D eigenvalue weighted by atomic mass is 16.1. The highest BCUT2D eigenvalue weighted by Gasteiger charge is 2.00. The van der Waals surface area contributed by atoms with Crippen molar-refractivity contribution < 1.29 is 4.79 Å². The summed E-state index contributed by atoms with van der Waals surface area (Å²) in [6.07, 6.45) is 0. The predicted octanol–water partition coefficient (Wildman–Crippen LogP) is 1.36. The Morgan fingerprint density at radius 3 is 2.50 bits per heavy atom. The maximum atomic E-state index is 11.2. The van der Waals surface area contributed by atoms with Crippen LogP contribution in [-0.2, 0) is 4.79 Å². The van der Waals surface area contributed by atoms with Crippen LogP contribution in [0.1, 0.15) is 11.1 Å². The number of benzene rings is 1. The molecule has 16 heavy (non-hydrogen) atoms. The summed E-state index contributed by atoms with van der Waals surface area (Å²) < 4.78 is 0. The summed E-state index contributed by atoms with van der Waals surface area (Å²) in [6.45, 7) is 4.25. The van der Waals surface area contributed by atoms with Crippen LogP contribution in [0.4, 0.5) is 5.69 Å². The van der Waals surface area contributed by atoms with Gasteiger partial charge in [-0.1, -0.05) is 6.07 Å². The van der Waals surface area contributed by atoms with Crippen molar-refractivity contribution in [3.8, 4) is 6.07 Å². The highest BCUT2D eigenvalue weighted by molar-refractivity contribution is 5.80. The first-order valence-corrected chi connectivity index (χ1v) is 5.07. The number of aryl methyl sites for hydroxylation is 2. The number of carbonyl (C=O) groups excluding carboxylic acids is 1. The number of hydrogen-bond acceptors (Lipinski definition) is 3. The maximum absolute atomic E-state index is 11.2. The van der Waals surface area contributed by atoms with E-state index in [-0.39, 0.29) is 19.0 Å². The minimum absolute atomic E-state index is 0.0490. The normalized spacial score (nSPS) is 9.31. The molecule has 0 aliphatic rings. The topological polar surface area (TPSA) is 64.9 Å². The van der Waals surface area contributed by atoms with Crippen LogP contribution in [-0.4, -0.2) is 19.0 Å². The van der Waals surface area contributed by atoms with Crippen LogP contribution < -0.4 is 10.6 Å². The molecule has 4 heteroatoms. The molecule has 0 aromatic heterocycles. The van der Waals surface area contributed by atoms with Crippen molar-refractivity contribution in [1.29, 1.82) is 5.26 Å². The van der Waals surface area contributed by atoms with Gasteiger partial charge in [0.25, 0.3) is 0 Å². The molecule has 0 fully saturated rings. The van der Waals surface area contributed by atoms with E-state index in [1.54, 1.807) is 0 Å². The molecule has 0 heterocycles. The van der Waals surface area contributed by atoms with Gasteiger partial charge in [0.1, 0.15) is 6.54 Å². The molecule has 0 saturated heterocycles. The first kappa shape index (κ1) is 12.1. The third kappa shape index (κ3) is 4.01. The molecule has 0 aliphatic carbocycles. The standard InChI is InChI=1S/C12H15N3O/c1-9-5-10(2)7-11(6-9)15-8-12(16)14-4-3-13/h5-7,15H,4,8H2,1-2H3,(H,14,16). The number of nitrogens with one attached hydrogen (secondary N) is 2. The molecular weight excluding hydrogens is 202 g/mol. The maximum Gasteiger partial charge on any atom is 0.240 e. The van der Waals surface area contributed by atoms with Crippen LogP contribution in [0.3, 0.4) is 0 Å². The Morgan fingerprint density at radius 1 is 1.31 bits per heavy atom. The molecular formula is C12H15N3O. The quantitative estimate of drug-likeness (QED) is 0.748. The van der Waals surface area contributed by atoms with Crippen molar-refractivity contribution in [1.82, 2.24) is 5.32 Å². The fourth-order valence-electron chi connectivity index (χ4n) is 1.46. The third-order valence-electron chi connectivity index (χ3n) is 2.04. The van der Waals surface area contributed by atoms with Crippen molar-refractivity contribution >= 4 is 11.6 Å². The molecule has 0 unspecified atom stereocenters. The van der Waals surface area contributed by atoms with E-state index >= 15 is 0 Å². The first-order chi connectivity index (χ1) is 7.61. The van der Waals surface area contributed by atoms with Gasteiger partial charge >= 0.3 is 0 Å². The monoisotopic (exact) mass is 217 g/mol. The van der Waals surface area contributed by atoms with E-state index in [1.807, 2.05) is 32.0 Å². The van der Waals surface area contributed by atoms with Gasteiger partial charge in [0.2, 0.25) is 5.91 Å². The minimum atomic E-state index is -0.180. The Morgan fingerprint density at radius 2 is 1.94 bits per heavy atom. The van der Waals surface area contributed by atoms with Crippen LogP contribution in [0.2, 0.25) is 0 Å². The summed E-state index contributed by atoms with van der Waals surface area (Å²) in [5.74, 6) is -0.180. The van der Waals surface area contributed by atoms with Gasteiger partial charge in [-0.2, -0.15) is 5.26 Å². The van der Waals surface area contributed by atoms with Gasteiger partial charge in [-0.15, -0.1) is 0 Å². The number of amides is 1. The van der Waals surface area contributed by atoms with Crippen LogP contribution in [0.5, 0.6) is 0 Å². The van der Waals surface area contributed by atoms with E-state index in [0.717, 1.165) is 16.8 Å². The minimum Gasteiger partial charge on any atom is -0.376 e. The molecule has 84 valence electrons. The van der Waals surface area contributed by atoms with E-state index in [2.05, 4.69) is 16.7 Å². The van der Waals surface area contributed by atoms with Crippen molar-refractivity contribution in [3.05, 3.63) is 29.3 Å². The zero-order chi connectivity index (χ0) is 12.0. The summed E-state index contributed by atoms with van der Waals surface area (Å²) >= 11 is 0. The highest BCUT2D eigenvalue weighted by Crippen LogP contribution is 2.12. The molecule has 0 atom stereocenters. The second-order valence-corrected chi connectivity index (χ2v) is 3.66. The Bertz CT molecular complexity index is 401. The van der Waals surface area contributed by atoms with Crippen LogP contribution in [0.15, 0.2) is 18.2 Å². The molecule has 1 aromatic rings. The van der Waals surface area contributed by atoms with Gasteiger partial charge in [0.05, 0.1) is 12.6 Å². The molecule has 1 rings (SSSR count). The number of rotatable bonds is 4. The summed E-state index contributed by atoms with van der Waals surface area (Å²) in [6, 6.07) is 7.88. The number of hydrogen-bond donors (Lipinski definition) is 2. The predicted molar refractivity (Wildman–Crippen MR) is 63.0 cm³/mol. The largest absolute Gasteiger partial charge is 0.376 e. The van der Waals surface area contributed by atoms with Crippen LogP contribution in [0.25, 0.3) is 0 Å². The van der Waals surface area contributed by atoms with Crippen LogP contribution >= 0.6 is 0 Å². The molecule has 2 N–H and O–H groups in total. The lowest BCUT2D eigenvalue weighted by molar-refractivity contribution is -0.119. The van der Waals surface area contributed by atoms with Gasteiger partial charge in [0.15, 0.2) is 0 Å². The van der Waals surface area contributed by atoms with E-state index in [1.165, 1.54) is 0 Å². The smallest absolute Gasteiger partial charge is 0.240 e. The van der Waals surface area contributed by atoms with Crippen molar-refractivity contribution in [2.45, 2.75) is 13.8 Å². The molecule has 0 spiro atoms. The average molecular weight is 217 g/mol. The van der Waals surface area contributed by atoms with E-state index in [4.69, 9.17) is 5.26 Å². The second kappa shape index (κ2) is 5.76. The Labute approximate surface area is 95.3 Å².